The third-order valence-corrected chi connectivity index (χ3v) is 2.27. The van der Waals surface area contributed by atoms with E-state index in [1.165, 1.54) is 0 Å². The van der Waals surface area contributed by atoms with E-state index in [9.17, 15) is 0 Å². The number of hydrogen-bond donors (Lipinski definition) is 1. The van der Waals surface area contributed by atoms with Crippen LogP contribution in [0.25, 0.3) is 0 Å². The summed E-state index contributed by atoms with van der Waals surface area (Å²) in [6.07, 6.45) is 3.43. The molecule has 15 heavy (non-hydrogen) atoms. The van der Waals surface area contributed by atoms with E-state index in [0.717, 1.165) is 0 Å². The number of ether oxygens (including phenoxy) is 3. The molecule has 0 aromatic heterocycles. The van der Waals surface area contributed by atoms with E-state index in [2.05, 4.69) is 26.1 Å². The maximum Gasteiger partial charge on any atom is 0.203 e. The van der Waals surface area contributed by atoms with Gasteiger partial charge >= 0.3 is 0 Å². The van der Waals surface area contributed by atoms with Gasteiger partial charge in [-0.25, -0.2) is 0 Å². The number of hydrogen-bond acceptors (Lipinski definition) is 4. The van der Waals surface area contributed by atoms with Gasteiger partial charge in [0.25, 0.3) is 0 Å². The van der Waals surface area contributed by atoms with Crippen molar-refractivity contribution in [2.45, 2.75) is 38.4 Å². The Morgan fingerprint density at radius 1 is 1.40 bits per heavy atom. The lowest BCUT2D eigenvalue weighted by Crippen LogP contribution is -2.48. The molecule has 1 heterocycles. The molecule has 0 unspecified atom stereocenters. The molecular formula is C11H21NO3. The van der Waals surface area contributed by atoms with Gasteiger partial charge in [0.1, 0.15) is 0 Å². The van der Waals surface area contributed by atoms with E-state index in [1.54, 1.807) is 14.2 Å². The minimum Gasteiger partial charge on any atom is -0.352 e. The van der Waals surface area contributed by atoms with Crippen molar-refractivity contribution < 1.29 is 14.2 Å². The molecule has 0 radical (unpaired) electrons. The van der Waals surface area contributed by atoms with Crippen LogP contribution < -0.4 is 5.32 Å². The molecule has 0 aromatic carbocycles. The zero-order valence-corrected chi connectivity index (χ0v) is 10.2. The maximum absolute atomic E-state index is 5.62. The Bertz CT molecular complexity index is 234. The topological polar surface area (TPSA) is 39.7 Å². The third kappa shape index (κ3) is 3.57. The highest BCUT2D eigenvalue weighted by Crippen LogP contribution is 2.24. The molecule has 88 valence electrons. The number of nitrogens with one attached hydrogen (secondary N) is 1. The first-order valence-corrected chi connectivity index (χ1v) is 5.11. The van der Waals surface area contributed by atoms with Gasteiger partial charge in [-0.2, -0.15) is 0 Å². The first kappa shape index (κ1) is 12.6. The summed E-state index contributed by atoms with van der Waals surface area (Å²) in [7, 11) is 3.24. The standard InChI is InChI=1S/C11H21NO3/c1-10(2,3)12-8-11(14-5)7-6-9(13-4)15-11/h6-7,9,12H,8H2,1-5H3/t9-,11+/m0/s1. The van der Waals surface area contributed by atoms with Gasteiger partial charge in [-0.1, -0.05) is 0 Å². The van der Waals surface area contributed by atoms with Gasteiger partial charge in [0.15, 0.2) is 6.29 Å². The molecule has 2 atom stereocenters. The summed E-state index contributed by atoms with van der Waals surface area (Å²) in [4.78, 5) is 0. The van der Waals surface area contributed by atoms with Gasteiger partial charge in [-0.05, 0) is 32.9 Å². The molecule has 1 rings (SSSR count). The van der Waals surface area contributed by atoms with Crippen molar-refractivity contribution in [1.29, 1.82) is 0 Å². The number of methoxy groups -OCH3 is 2. The molecule has 0 aliphatic carbocycles. The molecule has 0 spiro atoms. The molecule has 0 fully saturated rings. The fraction of sp³-hybridized carbons (Fsp3) is 0.818. The van der Waals surface area contributed by atoms with Crippen LogP contribution >= 0.6 is 0 Å². The second-order valence-electron chi connectivity index (χ2n) is 4.70. The summed E-state index contributed by atoms with van der Waals surface area (Å²) in [5.41, 5.74) is 0.0356. The van der Waals surface area contributed by atoms with Crippen molar-refractivity contribution in [2.24, 2.45) is 0 Å². The molecule has 0 saturated carbocycles. The summed E-state index contributed by atoms with van der Waals surface area (Å²) in [5, 5.41) is 3.34. The van der Waals surface area contributed by atoms with Crippen molar-refractivity contribution in [3.05, 3.63) is 12.2 Å². The molecule has 4 nitrogen and oxygen atoms in total. The van der Waals surface area contributed by atoms with Crippen LogP contribution in [-0.2, 0) is 14.2 Å². The third-order valence-electron chi connectivity index (χ3n) is 2.27. The highest BCUT2D eigenvalue weighted by atomic mass is 16.8. The zero-order chi connectivity index (χ0) is 11.5. The largest absolute Gasteiger partial charge is 0.352 e. The van der Waals surface area contributed by atoms with E-state index >= 15 is 0 Å². The summed E-state index contributed by atoms with van der Waals surface area (Å²) in [6.45, 7) is 6.90. The van der Waals surface area contributed by atoms with Gasteiger partial charge < -0.3 is 19.5 Å². The van der Waals surface area contributed by atoms with Gasteiger partial charge in [-0.3, -0.25) is 0 Å². The van der Waals surface area contributed by atoms with Gasteiger partial charge in [0.05, 0.1) is 6.54 Å². The normalized spacial score (nSPS) is 31.1. The second-order valence-corrected chi connectivity index (χ2v) is 4.70. The van der Waals surface area contributed by atoms with Crippen LogP contribution in [0.3, 0.4) is 0 Å². The SMILES string of the molecule is CO[C@@H]1C=C[C@@](CNC(C)(C)C)(OC)O1. The van der Waals surface area contributed by atoms with E-state index in [4.69, 9.17) is 14.2 Å². The molecule has 0 bridgehead atoms. The lowest BCUT2D eigenvalue weighted by molar-refractivity contribution is -0.240. The molecule has 0 saturated heterocycles. The van der Waals surface area contributed by atoms with Crippen molar-refractivity contribution in [3.63, 3.8) is 0 Å². The Morgan fingerprint density at radius 3 is 2.47 bits per heavy atom. The Hall–Kier alpha value is -0.420. The fourth-order valence-electron chi connectivity index (χ4n) is 1.30. The molecular weight excluding hydrogens is 194 g/mol. The lowest BCUT2D eigenvalue weighted by atomic mass is 10.1. The maximum atomic E-state index is 5.62. The average Bonchev–Trinajstić information content (AvgIpc) is 2.58. The van der Waals surface area contributed by atoms with Gasteiger partial charge in [0.2, 0.25) is 5.79 Å². The predicted molar refractivity (Wildman–Crippen MR) is 58.5 cm³/mol. The average molecular weight is 215 g/mol. The van der Waals surface area contributed by atoms with Crippen molar-refractivity contribution in [3.8, 4) is 0 Å². The Morgan fingerprint density at radius 2 is 2.07 bits per heavy atom. The first-order valence-electron chi connectivity index (χ1n) is 5.11. The predicted octanol–water partition coefficient (Wildman–Crippen LogP) is 1.28. The summed E-state index contributed by atoms with van der Waals surface area (Å²) in [5.74, 6) is -0.700. The lowest BCUT2D eigenvalue weighted by Gasteiger charge is -2.31. The van der Waals surface area contributed by atoms with E-state index < -0.39 is 5.79 Å². The highest BCUT2D eigenvalue weighted by Gasteiger charge is 2.36. The Labute approximate surface area is 91.6 Å². The van der Waals surface area contributed by atoms with Crippen molar-refractivity contribution in [2.75, 3.05) is 20.8 Å². The van der Waals surface area contributed by atoms with Crippen LogP contribution in [0.5, 0.6) is 0 Å². The van der Waals surface area contributed by atoms with Gasteiger partial charge in [-0.15, -0.1) is 0 Å². The quantitative estimate of drug-likeness (QED) is 0.717. The van der Waals surface area contributed by atoms with E-state index in [1.807, 2.05) is 12.2 Å². The molecule has 0 amide bonds. The van der Waals surface area contributed by atoms with E-state index in [0.29, 0.717) is 6.54 Å². The molecule has 1 aliphatic heterocycles. The first-order chi connectivity index (χ1) is 6.91. The molecule has 1 N–H and O–H groups in total. The molecule has 0 aromatic rings. The van der Waals surface area contributed by atoms with Crippen LogP contribution in [0, 0.1) is 0 Å². The number of rotatable bonds is 4. The smallest absolute Gasteiger partial charge is 0.203 e. The zero-order valence-electron chi connectivity index (χ0n) is 10.2. The minimum atomic E-state index is -0.700. The Balaban J connectivity index is 2.53. The van der Waals surface area contributed by atoms with Crippen molar-refractivity contribution >= 4 is 0 Å². The van der Waals surface area contributed by atoms with Gasteiger partial charge in [0, 0.05) is 19.8 Å². The van der Waals surface area contributed by atoms with Crippen LogP contribution in [-0.4, -0.2) is 38.4 Å². The fourth-order valence-corrected chi connectivity index (χ4v) is 1.30. The summed E-state index contributed by atoms with van der Waals surface area (Å²) in [6, 6.07) is 0. The summed E-state index contributed by atoms with van der Waals surface area (Å²) >= 11 is 0. The molecule has 1 aliphatic rings. The van der Waals surface area contributed by atoms with Crippen LogP contribution in [0.1, 0.15) is 20.8 Å². The highest BCUT2D eigenvalue weighted by molar-refractivity contribution is 5.06. The Kier molecular flexibility index (Phi) is 3.89. The van der Waals surface area contributed by atoms with Crippen molar-refractivity contribution in [1.82, 2.24) is 5.32 Å². The van der Waals surface area contributed by atoms with Crippen LogP contribution in [0.2, 0.25) is 0 Å². The van der Waals surface area contributed by atoms with Crippen LogP contribution in [0.15, 0.2) is 12.2 Å². The molecule has 4 heteroatoms. The minimum absolute atomic E-state index is 0.0356. The van der Waals surface area contributed by atoms with E-state index in [-0.39, 0.29) is 11.8 Å². The monoisotopic (exact) mass is 215 g/mol. The second kappa shape index (κ2) is 4.61. The summed E-state index contributed by atoms with van der Waals surface area (Å²) < 4.78 is 16.1. The van der Waals surface area contributed by atoms with Crippen LogP contribution in [0.4, 0.5) is 0 Å².